The average molecular weight is 410 g/mol. The van der Waals surface area contributed by atoms with Crippen LogP contribution in [0.2, 0.25) is 0 Å². The standard InChI is InChI=1S/C19H27N3O5S/c1-6-22(7-2)28(25,26)16-10-9-14(3)17(13-16)19(24)27-15(4)18(23)21(5)12-8-11-20/h9-10,13,15H,6-8,12H2,1-5H3/t15-/m1/s1. The minimum absolute atomic E-state index is 0.00105. The van der Waals surface area contributed by atoms with E-state index >= 15 is 0 Å². The summed E-state index contributed by atoms with van der Waals surface area (Å²) in [5, 5.41) is 8.60. The van der Waals surface area contributed by atoms with Crippen molar-refractivity contribution >= 4 is 21.9 Å². The van der Waals surface area contributed by atoms with Crippen LogP contribution in [-0.4, -0.2) is 62.3 Å². The van der Waals surface area contributed by atoms with Crippen molar-refractivity contribution in [2.24, 2.45) is 0 Å². The van der Waals surface area contributed by atoms with Gasteiger partial charge in [-0.15, -0.1) is 0 Å². The third-order valence-electron chi connectivity index (χ3n) is 4.34. The number of hydrogen-bond donors (Lipinski definition) is 0. The third kappa shape index (κ3) is 5.53. The number of hydrogen-bond acceptors (Lipinski definition) is 6. The molecule has 0 fully saturated rings. The second-order valence-electron chi connectivity index (χ2n) is 6.28. The monoisotopic (exact) mass is 409 g/mol. The van der Waals surface area contributed by atoms with Crippen molar-refractivity contribution in [1.29, 1.82) is 5.26 Å². The molecule has 0 aromatic heterocycles. The van der Waals surface area contributed by atoms with Crippen molar-refractivity contribution in [1.82, 2.24) is 9.21 Å². The largest absolute Gasteiger partial charge is 0.449 e. The van der Waals surface area contributed by atoms with Crippen molar-refractivity contribution in [3.05, 3.63) is 29.3 Å². The van der Waals surface area contributed by atoms with Gasteiger partial charge in [0.25, 0.3) is 5.91 Å². The van der Waals surface area contributed by atoms with Crippen LogP contribution in [0.5, 0.6) is 0 Å². The zero-order valence-electron chi connectivity index (χ0n) is 16.9. The molecular weight excluding hydrogens is 382 g/mol. The number of aryl methyl sites for hydroxylation is 1. The first kappa shape index (κ1) is 23.6. The molecule has 154 valence electrons. The Morgan fingerprint density at radius 2 is 1.86 bits per heavy atom. The van der Waals surface area contributed by atoms with Crippen molar-refractivity contribution in [2.45, 2.75) is 45.1 Å². The number of sulfonamides is 1. The Bertz CT molecular complexity index is 857. The first-order valence-corrected chi connectivity index (χ1v) is 10.5. The molecule has 9 heteroatoms. The van der Waals surface area contributed by atoms with Crippen molar-refractivity contribution in [3.8, 4) is 6.07 Å². The maximum Gasteiger partial charge on any atom is 0.339 e. The summed E-state index contributed by atoms with van der Waals surface area (Å²) in [5.74, 6) is -1.21. The normalized spacial score (nSPS) is 12.3. The van der Waals surface area contributed by atoms with E-state index in [1.807, 2.05) is 6.07 Å². The van der Waals surface area contributed by atoms with Gasteiger partial charge in [-0.2, -0.15) is 9.57 Å². The van der Waals surface area contributed by atoms with Crippen LogP contribution >= 0.6 is 0 Å². The molecule has 0 radical (unpaired) electrons. The predicted molar refractivity (Wildman–Crippen MR) is 104 cm³/mol. The quantitative estimate of drug-likeness (QED) is 0.577. The van der Waals surface area contributed by atoms with E-state index in [-0.39, 0.29) is 23.4 Å². The van der Waals surface area contributed by atoms with Crippen molar-refractivity contribution in [3.63, 3.8) is 0 Å². The van der Waals surface area contributed by atoms with E-state index in [2.05, 4.69) is 0 Å². The molecule has 0 aliphatic carbocycles. The number of nitrogens with zero attached hydrogens (tertiary/aromatic N) is 3. The van der Waals surface area contributed by atoms with Crippen LogP contribution in [0.15, 0.2) is 23.1 Å². The summed E-state index contributed by atoms with van der Waals surface area (Å²) in [6.45, 7) is 7.43. The molecular formula is C19H27N3O5S. The predicted octanol–water partition coefficient (Wildman–Crippen LogP) is 1.94. The first-order chi connectivity index (χ1) is 13.1. The van der Waals surface area contributed by atoms with Crippen LogP contribution in [0.1, 0.15) is 43.1 Å². The summed E-state index contributed by atoms with van der Waals surface area (Å²) in [4.78, 5) is 26.1. The number of esters is 1. The summed E-state index contributed by atoms with van der Waals surface area (Å²) in [6, 6.07) is 6.21. The molecule has 1 amide bonds. The number of rotatable bonds is 9. The molecule has 0 spiro atoms. The van der Waals surface area contributed by atoms with Crippen molar-refractivity contribution in [2.75, 3.05) is 26.7 Å². The zero-order valence-corrected chi connectivity index (χ0v) is 17.7. The SMILES string of the molecule is CCN(CC)S(=O)(=O)c1ccc(C)c(C(=O)O[C@H](C)C(=O)N(C)CCC#N)c1. The number of nitriles is 1. The molecule has 1 atom stereocenters. The summed E-state index contributed by atoms with van der Waals surface area (Å²) in [5.41, 5.74) is 0.633. The molecule has 1 aromatic rings. The van der Waals surface area contributed by atoms with Crippen LogP contribution < -0.4 is 0 Å². The van der Waals surface area contributed by atoms with Gasteiger partial charge in [-0.1, -0.05) is 19.9 Å². The van der Waals surface area contributed by atoms with Crippen LogP contribution in [0, 0.1) is 18.3 Å². The molecule has 0 saturated heterocycles. The van der Waals surface area contributed by atoms with Gasteiger partial charge < -0.3 is 9.64 Å². The summed E-state index contributed by atoms with van der Waals surface area (Å²) < 4.78 is 31.9. The van der Waals surface area contributed by atoms with Gasteiger partial charge in [-0.25, -0.2) is 13.2 Å². The van der Waals surface area contributed by atoms with E-state index in [9.17, 15) is 18.0 Å². The highest BCUT2D eigenvalue weighted by atomic mass is 32.2. The number of benzene rings is 1. The summed E-state index contributed by atoms with van der Waals surface area (Å²) >= 11 is 0. The lowest BCUT2D eigenvalue weighted by Gasteiger charge is -2.21. The van der Waals surface area contributed by atoms with Gasteiger partial charge in [0.1, 0.15) is 0 Å². The molecule has 0 saturated carbocycles. The van der Waals surface area contributed by atoms with Crippen molar-refractivity contribution < 1.29 is 22.7 Å². The van der Waals surface area contributed by atoms with Gasteiger partial charge in [0.15, 0.2) is 6.10 Å². The second-order valence-corrected chi connectivity index (χ2v) is 8.22. The first-order valence-electron chi connectivity index (χ1n) is 9.03. The lowest BCUT2D eigenvalue weighted by Crippen LogP contribution is -2.38. The maximum atomic E-state index is 12.7. The van der Waals surface area contributed by atoms with Gasteiger partial charge in [-0.05, 0) is 31.5 Å². The van der Waals surface area contributed by atoms with Crippen LogP contribution in [-0.2, 0) is 19.6 Å². The minimum Gasteiger partial charge on any atom is -0.449 e. The number of ether oxygens (including phenoxy) is 1. The Morgan fingerprint density at radius 1 is 1.25 bits per heavy atom. The topological polar surface area (TPSA) is 108 Å². The number of carbonyl (C=O) groups excluding carboxylic acids is 2. The maximum absolute atomic E-state index is 12.7. The molecule has 28 heavy (non-hydrogen) atoms. The Morgan fingerprint density at radius 3 is 2.39 bits per heavy atom. The number of likely N-dealkylation sites (N-methyl/N-ethyl adjacent to an activating group) is 1. The van der Waals surface area contributed by atoms with E-state index in [0.717, 1.165) is 0 Å². The summed E-state index contributed by atoms with van der Waals surface area (Å²) in [6.07, 6.45) is -0.883. The zero-order chi connectivity index (χ0) is 21.5. The highest BCUT2D eigenvalue weighted by Gasteiger charge is 2.26. The van der Waals surface area contributed by atoms with Gasteiger partial charge in [0.05, 0.1) is 22.9 Å². The van der Waals surface area contributed by atoms with Crippen LogP contribution in [0.3, 0.4) is 0 Å². The number of carbonyl (C=O) groups is 2. The van der Waals surface area contributed by atoms with E-state index in [1.165, 1.54) is 35.3 Å². The Kier molecular flexibility index (Phi) is 8.60. The average Bonchev–Trinajstić information content (AvgIpc) is 2.66. The molecule has 0 N–H and O–H groups in total. The Labute approximate surface area is 166 Å². The van der Waals surface area contributed by atoms with Gasteiger partial charge >= 0.3 is 5.97 Å². The molecule has 0 aliphatic rings. The van der Waals surface area contributed by atoms with E-state index in [0.29, 0.717) is 18.7 Å². The third-order valence-corrected chi connectivity index (χ3v) is 6.38. The number of amides is 1. The Hall–Kier alpha value is -2.44. The van der Waals surface area contributed by atoms with Crippen LogP contribution in [0.4, 0.5) is 0 Å². The molecule has 0 aliphatic heterocycles. The fraction of sp³-hybridized carbons (Fsp3) is 0.526. The molecule has 1 aromatic carbocycles. The molecule has 0 unspecified atom stereocenters. The fourth-order valence-electron chi connectivity index (χ4n) is 2.61. The van der Waals surface area contributed by atoms with Crippen LogP contribution in [0.25, 0.3) is 0 Å². The molecule has 0 heterocycles. The van der Waals surface area contributed by atoms with E-state index in [4.69, 9.17) is 10.00 Å². The molecule has 1 rings (SSSR count). The molecule has 0 bridgehead atoms. The minimum atomic E-state index is -3.72. The second kappa shape index (κ2) is 10.2. The lowest BCUT2D eigenvalue weighted by molar-refractivity contribution is -0.138. The van der Waals surface area contributed by atoms with Gasteiger partial charge in [0.2, 0.25) is 10.0 Å². The van der Waals surface area contributed by atoms with E-state index in [1.54, 1.807) is 26.8 Å². The molecule has 8 nitrogen and oxygen atoms in total. The summed E-state index contributed by atoms with van der Waals surface area (Å²) in [7, 11) is -2.20. The smallest absolute Gasteiger partial charge is 0.339 e. The lowest BCUT2D eigenvalue weighted by atomic mass is 10.1. The van der Waals surface area contributed by atoms with E-state index < -0.39 is 28.0 Å². The van der Waals surface area contributed by atoms with Gasteiger partial charge in [-0.3, -0.25) is 4.79 Å². The fourth-order valence-corrected chi connectivity index (χ4v) is 4.09. The Balaban J connectivity index is 3.06. The highest BCUT2D eigenvalue weighted by Crippen LogP contribution is 2.20. The highest BCUT2D eigenvalue weighted by molar-refractivity contribution is 7.89. The van der Waals surface area contributed by atoms with Gasteiger partial charge in [0, 0.05) is 26.7 Å².